The van der Waals surface area contributed by atoms with Gasteiger partial charge in [-0.25, -0.2) is 9.37 Å². The maximum atomic E-state index is 13.0. The van der Waals surface area contributed by atoms with E-state index in [1.54, 1.807) is 6.07 Å². The molecule has 1 aliphatic rings. The molecule has 1 fully saturated rings. The van der Waals surface area contributed by atoms with E-state index < -0.39 is 0 Å². The second kappa shape index (κ2) is 5.47. The Labute approximate surface area is 123 Å². The van der Waals surface area contributed by atoms with Crippen LogP contribution in [0.5, 0.6) is 0 Å². The Hall–Kier alpha value is -2.50. The molecule has 2 heterocycles. The molecule has 0 atom stereocenters. The molecule has 0 spiro atoms. The number of halogens is 1. The molecule has 1 aromatic carbocycles. The van der Waals surface area contributed by atoms with Crippen LogP contribution in [-0.4, -0.2) is 31.2 Å². The van der Waals surface area contributed by atoms with Gasteiger partial charge >= 0.3 is 0 Å². The largest absolute Gasteiger partial charge is 0.396 e. The van der Waals surface area contributed by atoms with Crippen molar-refractivity contribution in [2.75, 3.05) is 47.4 Å². The summed E-state index contributed by atoms with van der Waals surface area (Å²) in [4.78, 5) is 8.73. The maximum absolute atomic E-state index is 13.0. The molecule has 0 unspecified atom stereocenters. The van der Waals surface area contributed by atoms with Crippen molar-refractivity contribution in [1.29, 1.82) is 0 Å². The molecule has 5 nitrogen and oxygen atoms in total. The molecule has 3 rings (SSSR count). The van der Waals surface area contributed by atoms with Gasteiger partial charge in [-0.3, -0.25) is 0 Å². The minimum atomic E-state index is -0.209. The SMILES string of the molecule is Nc1ccc(N2CCN(c3ccc(F)cc3)CC2)nc1N. The first-order valence-corrected chi connectivity index (χ1v) is 6.91. The summed E-state index contributed by atoms with van der Waals surface area (Å²) >= 11 is 0. The van der Waals surface area contributed by atoms with Crippen LogP contribution in [0.15, 0.2) is 36.4 Å². The number of hydrogen-bond acceptors (Lipinski definition) is 5. The molecule has 1 aromatic heterocycles. The highest BCUT2D eigenvalue weighted by Gasteiger charge is 2.18. The van der Waals surface area contributed by atoms with E-state index in [1.165, 1.54) is 12.1 Å². The van der Waals surface area contributed by atoms with Crippen molar-refractivity contribution < 1.29 is 4.39 Å². The van der Waals surface area contributed by atoms with Gasteiger partial charge in [0.15, 0.2) is 0 Å². The van der Waals surface area contributed by atoms with E-state index in [0.29, 0.717) is 11.5 Å². The third kappa shape index (κ3) is 2.84. The first kappa shape index (κ1) is 13.5. The van der Waals surface area contributed by atoms with Crippen LogP contribution in [0.4, 0.5) is 27.4 Å². The lowest BCUT2D eigenvalue weighted by molar-refractivity contribution is 0.624. The van der Waals surface area contributed by atoms with Crippen LogP contribution in [0.1, 0.15) is 0 Å². The standard InChI is InChI=1S/C15H18FN5/c16-11-1-3-12(4-2-11)20-7-9-21(10-8-20)14-6-5-13(17)15(18)19-14/h1-6H,7-10,17H2,(H2,18,19). The molecule has 21 heavy (non-hydrogen) atoms. The van der Waals surface area contributed by atoms with Crippen molar-refractivity contribution in [3.05, 3.63) is 42.2 Å². The van der Waals surface area contributed by atoms with Crippen LogP contribution in [0.3, 0.4) is 0 Å². The monoisotopic (exact) mass is 287 g/mol. The molecule has 1 aliphatic heterocycles. The summed E-state index contributed by atoms with van der Waals surface area (Å²) in [5, 5.41) is 0. The Morgan fingerprint density at radius 2 is 1.48 bits per heavy atom. The van der Waals surface area contributed by atoms with Gasteiger partial charge in [0.25, 0.3) is 0 Å². The zero-order chi connectivity index (χ0) is 14.8. The Kier molecular flexibility index (Phi) is 3.51. The van der Waals surface area contributed by atoms with Crippen molar-refractivity contribution >= 4 is 23.0 Å². The van der Waals surface area contributed by atoms with E-state index in [2.05, 4.69) is 14.8 Å². The quantitative estimate of drug-likeness (QED) is 0.880. The number of nitrogen functional groups attached to an aromatic ring is 2. The lowest BCUT2D eigenvalue weighted by atomic mass is 10.2. The van der Waals surface area contributed by atoms with Crippen LogP contribution in [0.2, 0.25) is 0 Å². The summed E-state index contributed by atoms with van der Waals surface area (Å²) < 4.78 is 13.0. The maximum Gasteiger partial charge on any atom is 0.149 e. The molecule has 6 heteroatoms. The minimum absolute atomic E-state index is 0.209. The molecule has 0 bridgehead atoms. The number of aromatic nitrogens is 1. The molecule has 0 amide bonds. The third-order valence-electron chi connectivity index (χ3n) is 3.74. The van der Waals surface area contributed by atoms with E-state index in [1.807, 2.05) is 18.2 Å². The van der Waals surface area contributed by atoms with Gasteiger partial charge in [-0.1, -0.05) is 0 Å². The molecule has 0 radical (unpaired) electrons. The number of nitrogens with two attached hydrogens (primary N) is 2. The summed E-state index contributed by atoms with van der Waals surface area (Å²) in [5.74, 6) is 1.01. The summed E-state index contributed by atoms with van der Waals surface area (Å²) in [6.07, 6.45) is 0. The van der Waals surface area contributed by atoms with E-state index in [4.69, 9.17) is 11.5 Å². The van der Waals surface area contributed by atoms with Crippen molar-refractivity contribution in [1.82, 2.24) is 4.98 Å². The van der Waals surface area contributed by atoms with Gasteiger partial charge in [0, 0.05) is 31.9 Å². The zero-order valence-electron chi connectivity index (χ0n) is 11.7. The van der Waals surface area contributed by atoms with Crippen molar-refractivity contribution in [3.8, 4) is 0 Å². The molecule has 1 saturated heterocycles. The summed E-state index contributed by atoms with van der Waals surface area (Å²) in [6.45, 7) is 3.40. The number of benzene rings is 1. The molecule has 0 aliphatic carbocycles. The zero-order valence-corrected chi connectivity index (χ0v) is 11.7. The lowest BCUT2D eigenvalue weighted by Crippen LogP contribution is -2.46. The van der Waals surface area contributed by atoms with Crippen LogP contribution in [0.25, 0.3) is 0 Å². The second-order valence-corrected chi connectivity index (χ2v) is 5.09. The number of hydrogen-bond donors (Lipinski definition) is 2. The number of anilines is 4. The van der Waals surface area contributed by atoms with Gasteiger partial charge in [-0.05, 0) is 36.4 Å². The van der Waals surface area contributed by atoms with Gasteiger partial charge < -0.3 is 21.3 Å². The fourth-order valence-electron chi connectivity index (χ4n) is 2.50. The average Bonchev–Trinajstić information content (AvgIpc) is 2.51. The van der Waals surface area contributed by atoms with Gasteiger partial charge in [-0.15, -0.1) is 0 Å². The summed E-state index contributed by atoms with van der Waals surface area (Å²) in [5.41, 5.74) is 13.0. The first-order chi connectivity index (χ1) is 10.1. The topological polar surface area (TPSA) is 71.4 Å². The highest BCUT2D eigenvalue weighted by Crippen LogP contribution is 2.22. The molecule has 2 aromatic rings. The number of rotatable bonds is 2. The fraction of sp³-hybridized carbons (Fsp3) is 0.267. The Morgan fingerprint density at radius 3 is 2.10 bits per heavy atom. The Balaban J connectivity index is 1.67. The number of piperazine rings is 1. The Morgan fingerprint density at radius 1 is 0.857 bits per heavy atom. The van der Waals surface area contributed by atoms with Crippen LogP contribution in [0, 0.1) is 5.82 Å². The van der Waals surface area contributed by atoms with Crippen molar-refractivity contribution in [3.63, 3.8) is 0 Å². The number of pyridine rings is 1. The first-order valence-electron chi connectivity index (χ1n) is 6.91. The van der Waals surface area contributed by atoms with Gasteiger partial charge in [-0.2, -0.15) is 0 Å². The van der Waals surface area contributed by atoms with Crippen LogP contribution in [-0.2, 0) is 0 Å². The van der Waals surface area contributed by atoms with Crippen LogP contribution >= 0.6 is 0 Å². The smallest absolute Gasteiger partial charge is 0.149 e. The van der Waals surface area contributed by atoms with E-state index in [-0.39, 0.29) is 5.82 Å². The summed E-state index contributed by atoms with van der Waals surface area (Å²) in [6, 6.07) is 10.3. The molecular formula is C15H18FN5. The third-order valence-corrected chi connectivity index (χ3v) is 3.74. The second-order valence-electron chi connectivity index (χ2n) is 5.09. The van der Waals surface area contributed by atoms with Gasteiger partial charge in [0.2, 0.25) is 0 Å². The van der Waals surface area contributed by atoms with E-state index in [0.717, 1.165) is 37.7 Å². The molecular weight excluding hydrogens is 269 g/mol. The number of nitrogens with zero attached hydrogens (tertiary/aromatic N) is 3. The Bertz CT molecular complexity index is 620. The van der Waals surface area contributed by atoms with Crippen molar-refractivity contribution in [2.45, 2.75) is 0 Å². The van der Waals surface area contributed by atoms with E-state index >= 15 is 0 Å². The van der Waals surface area contributed by atoms with E-state index in [9.17, 15) is 4.39 Å². The van der Waals surface area contributed by atoms with Crippen LogP contribution < -0.4 is 21.3 Å². The van der Waals surface area contributed by atoms with Crippen molar-refractivity contribution in [2.24, 2.45) is 0 Å². The van der Waals surface area contributed by atoms with Gasteiger partial charge in [0.05, 0.1) is 5.69 Å². The predicted octanol–water partition coefficient (Wildman–Crippen LogP) is 1.71. The highest BCUT2D eigenvalue weighted by molar-refractivity contribution is 5.62. The highest BCUT2D eigenvalue weighted by atomic mass is 19.1. The van der Waals surface area contributed by atoms with Gasteiger partial charge in [0.1, 0.15) is 17.5 Å². The summed E-state index contributed by atoms with van der Waals surface area (Å²) in [7, 11) is 0. The molecule has 110 valence electrons. The molecule has 0 saturated carbocycles. The molecule has 4 N–H and O–H groups in total. The fourth-order valence-corrected chi connectivity index (χ4v) is 2.50. The average molecular weight is 287 g/mol. The predicted molar refractivity (Wildman–Crippen MR) is 83.9 cm³/mol. The normalized spacial score (nSPS) is 15.3. The minimum Gasteiger partial charge on any atom is -0.396 e. The lowest BCUT2D eigenvalue weighted by Gasteiger charge is -2.36.